The summed E-state index contributed by atoms with van der Waals surface area (Å²) in [6.07, 6.45) is 10.5. The van der Waals surface area contributed by atoms with Gasteiger partial charge in [0, 0.05) is 29.7 Å². The van der Waals surface area contributed by atoms with E-state index in [1.807, 2.05) is 18.2 Å². The third-order valence-corrected chi connectivity index (χ3v) is 7.50. The number of nitrogens with zero attached hydrogens (tertiary/aromatic N) is 2. The molecule has 2 bridgehead atoms. The molecule has 2 saturated heterocycles. The first-order valence-electron chi connectivity index (χ1n) is 12.7. The highest BCUT2D eigenvalue weighted by Crippen LogP contribution is 2.40. The van der Waals surface area contributed by atoms with Crippen LogP contribution in [-0.2, 0) is 13.0 Å². The number of nitrogens with one attached hydrogen (secondary N) is 3. The summed E-state index contributed by atoms with van der Waals surface area (Å²) in [6, 6.07) is 13.9. The summed E-state index contributed by atoms with van der Waals surface area (Å²) in [7, 11) is 0. The van der Waals surface area contributed by atoms with Crippen molar-refractivity contribution < 1.29 is 4.79 Å². The van der Waals surface area contributed by atoms with Crippen LogP contribution in [0.3, 0.4) is 0 Å². The van der Waals surface area contributed by atoms with Crippen molar-refractivity contribution in [3.05, 3.63) is 53.7 Å². The van der Waals surface area contributed by atoms with E-state index in [-0.39, 0.29) is 11.4 Å². The number of hydrogen-bond donors (Lipinski definition) is 3. The van der Waals surface area contributed by atoms with Crippen LogP contribution in [-0.4, -0.2) is 28.3 Å². The Morgan fingerprint density at radius 3 is 2.65 bits per heavy atom. The number of anilines is 2. The second-order valence-electron chi connectivity index (χ2n) is 11.2. The summed E-state index contributed by atoms with van der Waals surface area (Å²) in [5.41, 5.74) is 5.86. The minimum atomic E-state index is -0.200. The quantitative estimate of drug-likeness (QED) is 0.400. The predicted molar refractivity (Wildman–Crippen MR) is 139 cm³/mol. The first-order chi connectivity index (χ1) is 16.4. The third-order valence-electron chi connectivity index (χ3n) is 7.50. The van der Waals surface area contributed by atoms with Crippen molar-refractivity contribution in [3.63, 3.8) is 0 Å². The Morgan fingerprint density at radius 2 is 1.88 bits per heavy atom. The molecule has 0 unspecified atom stereocenters. The van der Waals surface area contributed by atoms with Gasteiger partial charge < -0.3 is 15.5 Å². The highest BCUT2D eigenvalue weighted by Gasteiger charge is 2.36. The average Bonchev–Trinajstić information content (AvgIpc) is 3.38. The summed E-state index contributed by atoms with van der Waals surface area (Å²) < 4.78 is 0. The second kappa shape index (κ2) is 9.32. The van der Waals surface area contributed by atoms with Crippen molar-refractivity contribution in [3.8, 4) is 0 Å². The highest BCUT2D eigenvalue weighted by molar-refractivity contribution is 6.00. The monoisotopic (exact) mass is 459 g/mol. The fraction of sp³-hybridized carbons (Fsp3) is 0.500. The van der Waals surface area contributed by atoms with Gasteiger partial charge in [0.15, 0.2) is 0 Å². The molecule has 3 aromatic rings. The van der Waals surface area contributed by atoms with Crippen LogP contribution in [0, 0.1) is 5.41 Å². The lowest BCUT2D eigenvalue weighted by Crippen LogP contribution is -2.39. The molecule has 6 nitrogen and oxygen atoms in total. The van der Waals surface area contributed by atoms with Gasteiger partial charge in [-0.2, -0.15) is 5.10 Å². The van der Waals surface area contributed by atoms with Crippen LogP contribution in [0.25, 0.3) is 10.9 Å². The molecule has 2 aliphatic heterocycles. The van der Waals surface area contributed by atoms with Crippen molar-refractivity contribution in [2.75, 3.05) is 10.2 Å². The molecule has 0 radical (unpaired) electrons. The number of H-pyrrole nitrogens is 1. The number of amides is 2. The highest BCUT2D eigenvalue weighted by atomic mass is 16.2. The number of hydrogen-bond acceptors (Lipinski definition) is 3. The molecule has 2 fully saturated rings. The predicted octanol–water partition coefficient (Wildman–Crippen LogP) is 6.38. The number of aromatic nitrogens is 2. The lowest BCUT2D eigenvalue weighted by molar-refractivity contribution is 0.251. The lowest BCUT2D eigenvalue weighted by Gasteiger charge is -2.37. The van der Waals surface area contributed by atoms with Crippen LogP contribution in [0.5, 0.6) is 0 Å². The summed E-state index contributed by atoms with van der Waals surface area (Å²) >= 11 is 0. The average molecular weight is 460 g/mol. The number of rotatable bonds is 6. The maximum absolute atomic E-state index is 12.7. The van der Waals surface area contributed by atoms with E-state index in [0.29, 0.717) is 18.6 Å². The summed E-state index contributed by atoms with van der Waals surface area (Å²) in [5.74, 6) is 0. The van der Waals surface area contributed by atoms with Crippen LogP contribution >= 0.6 is 0 Å². The number of aromatic amines is 1. The lowest BCUT2D eigenvalue weighted by atomic mass is 9.87. The summed E-state index contributed by atoms with van der Waals surface area (Å²) in [6.45, 7) is 7.40. The molecule has 3 N–H and O–H groups in total. The Balaban J connectivity index is 1.31. The molecule has 0 spiro atoms. The Morgan fingerprint density at radius 1 is 1.09 bits per heavy atom. The fourth-order valence-electron chi connectivity index (χ4n) is 5.65. The van der Waals surface area contributed by atoms with Crippen molar-refractivity contribution in [1.82, 2.24) is 15.5 Å². The summed E-state index contributed by atoms with van der Waals surface area (Å²) in [4.78, 5) is 15.4. The Bertz CT molecular complexity index is 1150. The van der Waals surface area contributed by atoms with Gasteiger partial charge in [-0.1, -0.05) is 32.9 Å². The van der Waals surface area contributed by atoms with Crippen LogP contribution < -0.4 is 15.5 Å². The van der Waals surface area contributed by atoms with Crippen LogP contribution in [0.1, 0.15) is 70.4 Å². The normalized spacial score (nSPS) is 20.0. The number of urea groups is 1. The smallest absolute Gasteiger partial charge is 0.319 e. The van der Waals surface area contributed by atoms with Crippen LogP contribution in [0.4, 0.5) is 16.2 Å². The van der Waals surface area contributed by atoms with Crippen molar-refractivity contribution in [2.45, 2.75) is 84.3 Å². The van der Waals surface area contributed by atoms with Crippen LogP contribution in [0.2, 0.25) is 0 Å². The topological polar surface area (TPSA) is 73.1 Å². The van der Waals surface area contributed by atoms with Gasteiger partial charge in [-0.3, -0.25) is 5.10 Å². The number of fused-ring (bicyclic) bond motifs is 3. The van der Waals surface area contributed by atoms with Crippen molar-refractivity contribution in [1.29, 1.82) is 0 Å². The van der Waals surface area contributed by atoms with E-state index in [4.69, 9.17) is 0 Å². The van der Waals surface area contributed by atoms with Gasteiger partial charge >= 0.3 is 6.03 Å². The van der Waals surface area contributed by atoms with E-state index in [9.17, 15) is 4.79 Å². The first kappa shape index (κ1) is 22.8. The van der Waals surface area contributed by atoms with Gasteiger partial charge in [0.2, 0.25) is 0 Å². The zero-order chi connectivity index (χ0) is 23.7. The molecular weight excluding hydrogens is 422 g/mol. The van der Waals surface area contributed by atoms with E-state index in [1.54, 1.807) is 6.20 Å². The fourth-order valence-corrected chi connectivity index (χ4v) is 5.65. The molecule has 5 rings (SSSR count). The molecule has 2 aromatic carbocycles. The van der Waals surface area contributed by atoms with Gasteiger partial charge in [0.05, 0.1) is 17.4 Å². The second-order valence-corrected chi connectivity index (χ2v) is 11.2. The molecule has 180 valence electrons. The number of aryl methyl sites for hydroxylation is 1. The maximum atomic E-state index is 12.7. The molecule has 6 heteroatoms. The first-order valence-corrected chi connectivity index (χ1v) is 12.7. The van der Waals surface area contributed by atoms with Gasteiger partial charge in [-0.25, -0.2) is 4.79 Å². The number of carbonyl (C=O) groups excluding carboxylic acids is 1. The standard InChI is InChI=1S/C28H37N5O/c1-28(2,3)15-14-19-16-23(33-21-6-4-7-22(33)13-12-21)11-10-20(19)17-29-27(34)31-25-8-5-9-26-24(25)18-30-32-26/h5,8-11,16,18,21-22H,4,6-7,12-15,17H2,1-3H3,(H,30,32)(H2,29,31,34)/t21-,22+. The molecule has 2 atom stereocenters. The third kappa shape index (κ3) is 4.91. The number of carbonyl (C=O) groups is 1. The zero-order valence-corrected chi connectivity index (χ0v) is 20.7. The molecule has 2 amide bonds. The van der Waals surface area contributed by atoms with Crippen LogP contribution in [0.15, 0.2) is 42.6 Å². The van der Waals surface area contributed by atoms with Gasteiger partial charge in [0.25, 0.3) is 0 Å². The van der Waals surface area contributed by atoms with Crippen molar-refractivity contribution in [2.24, 2.45) is 5.41 Å². The van der Waals surface area contributed by atoms with Crippen molar-refractivity contribution >= 4 is 28.3 Å². The number of benzene rings is 2. The van der Waals surface area contributed by atoms with E-state index < -0.39 is 0 Å². The SMILES string of the molecule is CC(C)(C)CCc1cc(N2[C@@H]3CCC[C@H]2CC3)ccc1CNC(=O)Nc1cccc2[nH]ncc12. The molecular formula is C28H37N5O. The molecule has 34 heavy (non-hydrogen) atoms. The molecule has 3 heterocycles. The molecule has 0 saturated carbocycles. The largest absolute Gasteiger partial charge is 0.366 e. The van der Waals surface area contributed by atoms with E-state index in [0.717, 1.165) is 29.4 Å². The minimum Gasteiger partial charge on any atom is -0.366 e. The maximum Gasteiger partial charge on any atom is 0.319 e. The summed E-state index contributed by atoms with van der Waals surface area (Å²) in [5, 5.41) is 14.0. The Labute approximate surface area is 202 Å². The van der Waals surface area contributed by atoms with Gasteiger partial charge in [-0.15, -0.1) is 0 Å². The van der Waals surface area contributed by atoms with E-state index in [2.05, 4.69) is 64.7 Å². The van der Waals surface area contributed by atoms with E-state index >= 15 is 0 Å². The van der Waals surface area contributed by atoms with Gasteiger partial charge in [-0.05, 0) is 85.8 Å². The number of piperidine rings is 1. The molecule has 0 aliphatic carbocycles. The zero-order valence-electron chi connectivity index (χ0n) is 20.7. The molecule has 2 aliphatic rings. The Hall–Kier alpha value is -3.02. The van der Waals surface area contributed by atoms with E-state index in [1.165, 1.54) is 48.9 Å². The van der Waals surface area contributed by atoms with Gasteiger partial charge in [0.1, 0.15) is 0 Å². The minimum absolute atomic E-state index is 0.200. The molecule has 1 aromatic heterocycles. The Kier molecular flexibility index (Phi) is 6.24.